The van der Waals surface area contributed by atoms with Gasteiger partial charge in [0.1, 0.15) is 0 Å². The van der Waals surface area contributed by atoms with Gasteiger partial charge in [-0.25, -0.2) is 4.79 Å². The van der Waals surface area contributed by atoms with Crippen molar-refractivity contribution in [2.75, 3.05) is 0 Å². The lowest BCUT2D eigenvalue weighted by molar-refractivity contribution is -0.180. The minimum Gasteiger partial charge on any atom is -0.367 e. The predicted octanol–water partition coefficient (Wildman–Crippen LogP) is 3.79. The van der Waals surface area contributed by atoms with Crippen LogP contribution in [0.4, 0.5) is 0 Å². The Morgan fingerprint density at radius 1 is 1.25 bits per heavy atom. The smallest absolute Gasteiger partial charge is 0.329 e. The number of carbonyl (C=O) groups is 1. The summed E-state index contributed by atoms with van der Waals surface area (Å²) in [6, 6.07) is 10.4. The maximum atomic E-state index is 12.1. The molecule has 2 rings (SSSR count). The molecule has 1 fully saturated rings. The standard InChI is InChI=1S/C17H25NO2/c1-4-5-11-15-16(13(2)3)18(20-17(15)19)12-14-9-7-6-8-10-14/h6-10,13,15-16H,4-5,11-12H2,1-3H3/t15-,16+/m1/s1. The Labute approximate surface area is 121 Å². The van der Waals surface area contributed by atoms with E-state index < -0.39 is 0 Å². The number of carbonyl (C=O) groups excluding carboxylic acids is 1. The second kappa shape index (κ2) is 6.89. The molecular formula is C17H25NO2. The fourth-order valence-electron chi connectivity index (χ4n) is 3.00. The van der Waals surface area contributed by atoms with Crippen molar-refractivity contribution in [1.29, 1.82) is 0 Å². The number of nitrogens with zero attached hydrogens (tertiary/aromatic N) is 1. The molecule has 1 aromatic carbocycles. The zero-order chi connectivity index (χ0) is 14.5. The van der Waals surface area contributed by atoms with Crippen LogP contribution in [-0.4, -0.2) is 17.1 Å². The summed E-state index contributed by atoms with van der Waals surface area (Å²) in [7, 11) is 0. The number of rotatable bonds is 6. The van der Waals surface area contributed by atoms with Crippen LogP contribution in [0.25, 0.3) is 0 Å². The van der Waals surface area contributed by atoms with Gasteiger partial charge in [0.15, 0.2) is 0 Å². The van der Waals surface area contributed by atoms with Gasteiger partial charge in [0.2, 0.25) is 0 Å². The molecule has 0 N–H and O–H groups in total. The highest BCUT2D eigenvalue weighted by Crippen LogP contribution is 2.33. The summed E-state index contributed by atoms with van der Waals surface area (Å²) in [6.07, 6.45) is 3.14. The van der Waals surface area contributed by atoms with E-state index in [0.29, 0.717) is 12.5 Å². The van der Waals surface area contributed by atoms with E-state index >= 15 is 0 Å². The molecule has 1 aliphatic heterocycles. The molecular weight excluding hydrogens is 250 g/mol. The average Bonchev–Trinajstić information content (AvgIpc) is 2.73. The number of hydroxylamine groups is 2. The molecule has 1 saturated heterocycles. The first-order valence-electron chi connectivity index (χ1n) is 7.65. The Bertz CT molecular complexity index is 430. The first-order valence-corrected chi connectivity index (χ1v) is 7.65. The molecule has 3 heteroatoms. The van der Waals surface area contributed by atoms with E-state index in [1.165, 1.54) is 5.56 Å². The molecule has 2 atom stereocenters. The van der Waals surface area contributed by atoms with E-state index in [1.54, 1.807) is 0 Å². The van der Waals surface area contributed by atoms with Gasteiger partial charge < -0.3 is 4.84 Å². The summed E-state index contributed by atoms with van der Waals surface area (Å²) < 4.78 is 0. The molecule has 1 aromatic rings. The average molecular weight is 275 g/mol. The van der Waals surface area contributed by atoms with Gasteiger partial charge in [0.25, 0.3) is 0 Å². The number of hydrogen-bond donors (Lipinski definition) is 0. The first-order chi connectivity index (χ1) is 9.63. The van der Waals surface area contributed by atoms with Gasteiger partial charge in [-0.05, 0) is 17.9 Å². The van der Waals surface area contributed by atoms with Gasteiger partial charge in [-0.3, -0.25) is 0 Å². The van der Waals surface area contributed by atoms with Crippen LogP contribution in [0.3, 0.4) is 0 Å². The zero-order valence-corrected chi connectivity index (χ0v) is 12.7. The highest BCUT2D eigenvalue weighted by molar-refractivity contribution is 5.74. The summed E-state index contributed by atoms with van der Waals surface area (Å²) in [5.74, 6) is 0.388. The first kappa shape index (κ1) is 15.0. The Balaban J connectivity index is 2.10. The molecule has 1 aliphatic rings. The SMILES string of the molecule is CCCC[C@H]1C(=O)ON(Cc2ccccc2)[C@H]1C(C)C. The lowest BCUT2D eigenvalue weighted by Crippen LogP contribution is -2.36. The van der Waals surface area contributed by atoms with Crippen LogP contribution in [0.2, 0.25) is 0 Å². The van der Waals surface area contributed by atoms with Crippen LogP contribution in [0.5, 0.6) is 0 Å². The summed E-state index contributed by atoms with van der Waals surface area (Å²) >= 11 is 0. The Morgan fingerprint density at radius 3 is 2.55 bits per heavy atom. The maximum absolute atomic E-state index is 12.1. The van der Waals surface area contributed by atoms with Crippen molar-refractivity contribution in [3.63, 3.8) is 0 Å². The quantitative estimate of drug-likeness (QED) is 0.791. The monoisotopic (exact) mass is 275 g/mol. The molecule has 110 valence electrons. The van der Waals surface area contributed by atoms with Gasteiger partial charge in [0.05, 0.1) is 18.5 Å². The van der Waals surface area contributed by atoms with Gasteiger partial charge >= 0.3 is 5.97 Å². The van der Waals surface area contributed by atoms with E-state index in [9.17, 15) is 4.79 Å². The molecule has 3 nitrogen and oxygen atoms in total. The van der Waals surface area contributed by atoms with Crippen LogP contribution >= 0.6 is 0 Å². The largest absolute Gasteiger partial charge is 0.367 e. The molecule has 0 amide bonds. The van der Waals surface area contributed by atoms with Gasteiger partial charge in [-0.15, -0.1) is 5.06 Å². The van der Waals surface area contributed by atoms with Crippen LogP contribution in [-0.2, 0) is 16.2 Å². The Hall–Kier alpha value is -1.35. The van der Waals surface area contributed by atoms with E-state index in [2.05, 4.69) is 32.9 Å². The minimum absolute atomic E-state index is 0.0265. The second-order valence-electron chi connectivity index (χ2n) is 5.95. The molecule has 0 spiro atoms. The van der Waals surface area contributed by atoms with E-state index in [0.717, 1.165) is 19.3 Å². The third-order valence-corrected chi connectivity index (χ3v) is 3.99. The van der Waals surface area contributed by atoms with E-state index in [4.69, 9.17) is 4.84 Å². The molecule has 20 heavy (non-hydrogen) atoms. The van der Waals surface area contributed by atoms with Gasteiger partial charge in [0, 0.05) is 0 Å². The number of hydrogen-bond acceptors (Lipinski definition) is 3. The molecule has 0 unspecified atom stereocenters. The maximum Gasteiger partial charge on any atom is 0.329 e. The zero-order valence-electron chi connectivity index (χ0n) is 12.7. The number of unbranched alkanes of at least 4 members (excludes halogenated alkanes) is 1. The third kappa shape index (κ3) is 3.40. The van der Waals surface area contributed by atoms with Crippen LogP contribution in [0.1, 0.15) is 45.6 Å². The molecule has 1 heterocycles. The fourth-order valence-corrected chi connectivity index (χ4v) is 3.00. The second-order valence-corrected chi connectivity index (χ2v) is 5.95. The highest BCUT2D eigenvalue weighted by Gasteiger charge is 2.44. The van der Waals surface area contributed by atoms with Crippen molar-refractivity contribution < 1.29 is 9.63 Å². The highest BCUT2D eigenvalue weighted by atomic mass is 16.7. The van der Waals surface area contributed by atoms with E-state index in [-0.39, 0.29) is 17.9 Å². The van der Waals surface area contributed by atoms with Crippen LogP contribution in [0.15, 0.2) is 30.3 Å². The van der Waals surface area contributed by atoms with Crippen molar-refractivity contribution in [3.8, 4) is 0 Å². The summed E-state index contributed by atoms with van der Waals surface area (Å²) in [4.78, 5) is 17.7. The van der Waals surface area contributed by atoms with E-state index in [1.807, 2.05) is 23.3 Å². The lowest BCUT2D eigenvalue weighted by Gasteiger charge is -2.27. The van der Waals surface area contributed by atoms with Crippen LogP contribution in [0, 0.1) is 11.8 Å². The Morgan fingerprint density at radius 2 is 1.95 bits per heavy atom. The van der Waals surface area contributed by atoms with Crippen LogP contribution < -0.4 is 0 Å². The normalized spacial score (nSPS) is 23.3. The predicted molar refractivity (Wildman–Crippen MR) is 79.7 cm³/mol. The topological polar surface area (TPSA) is 29.5 Å². The molecule has 0 saturated carbocycles. The molecule has 0 bridgehead atoms. The van der Waals surface area contributed by atoms with Crippen molar-refractivity contribution in [2.24, 2.45) is 11.8 Å². The van der Waals surface area contributed by atoms with Crippen molar-refractivity contribution in [1.82, 2.24) is 5.06 Å². The minimum atomic E-state index is -0.0481. The number of benzene rings is 1. The van der Waals surface area contributed by atoms with Crippen molar-refractivity contribution >= 4 is 5.97 Å². The summed E-state index contributed by atoms with van der Waals surface area (Å²) in [6.45, 7) is 7.18. The van der Waals surface area contributed by atoms with Gasteiger partial charge in [-0.1, -0.05) is 63.9 Å². The van der Waals surface area contributed by atoms with Crippen molar-refractivity contribution in [3.05, 3.63) is 35.9 Å². The Kier molecular flexibility index (Phi) is 5.18. The third-order valence-electron chi connectivity index (χ3n) is 3.99. The fraction of sp³-hybridized carbons (Fsp3) is 0.588. The van der Waals surface area contributed by atoms with Gasteiger partial charge in [-0.2, -0.15) is 0 Å². The molecule has 0 aromatic heterocycles. The van der Waals surface area contributed by atoms with Crippen molar-refractivity contribution in [2.45, 2.75) is 52.6 Å². The molecule has 0 radical (unpaired) electrons. The summed E-state index contributed by atoms with van der Waals surface area (Å²) in [5.41, 5.74) is 1.18. The molecule has 0 aliphatic carbocycles. The lowest BCUT2D eigenvalue weighted by atomic mass is 9.87. The summed E-state index contributed by atoms with van der Waals surface area (Å²) in [5, 5.41) is 1.89.